The zero-order valence-electron chi connectivity index (χ0n) is 18.2. The van der Waals surface area contributed by atoms with Crippen molar-refractivity contribution in [2.45, 2.75) is 13.3 Å². The Hall–Kier alpha value is -4.35. The minimum Gasteiger partial charge on any atom is -0.496 e. The number of fused-ring (bicyclic) bond motifs is 1. The molecule has 2 rings (SSSR count). The van der Waals surface area contributed by atoms with Gasteiger partial charge in [0.15, 0.2) is 0 Å². The number of benzene rings is 1. The van der Waals surface area contributed by atoms with E-state index >= 15 is 0 Å². The van der Waals surface area contributed by atoms with Gasteiger partial charge in [0.25, 0.3) is 17.7 Å². The molecule has 0 saturated heterocycles. The van der Waals surface area contributed by atoms with Crippen LogP contribution in [0, 0.1) is 0 Å². The van der Waals surface area contributed by atoms with Crippen LogP contribution in [0.25, 0.3) is 10.9 Å². The number of methoxy groups -OCH3 is 1. The van der Waals surface area contributed by atoms with Gasteiger partial charge in [0.1, 0.15) is 11.4 Å². The number of carbonyl (C=O) groups is 5. The summed E-state index contributed by atoms with van der Waals surface area (Å²) in [5.74, 6) is -2.93. The van der Waals surface area contributed by atoms with E-state index in [0.717, 1.165) is 17.2 Å². The number of nitrogens with one attached hydrogen (secondary N) is 3. The van der Waals surface area contributed by atoms with Crippen LogP contribution in [-0.2, 0) is 23.9 Å². The van der Waals surface area contributed by atoms with Gasteiger partial charge in [0, 0.05) is 29.5 Å². The standard InChI is InChI=1S/C21H25N5O7/c1-3-33-20(30)8-7-19(29)26(10-9-17(22)27)25-18(28)12-23-21(31)15-11-13-14(24-15)5-4-6-16(13)32-2/h4-8,11,24H,3,9-10,12H2,1-2H3,(H2,22,27)(H,23,31)(H,25,28)/b8-7+. The summed E-state index contributed by atoms with van der Waals surface area (Å²) in [5, 5.41) is 3.94. The van der Waals surface area contributed by atoms with Crippen LogP contribution in [0.5, 0.6) is 5.75 Å². The molecule has 2 aromatic rings. The molecule has 4 amide bonds. The first kappa shape index (κ1) is 24.9. The molecule has 0 bridgehead atoms. The molecule has 0 aliphatic rings. The number of amides is 4. The maximum absolute atomic E-state index is 12.4. The lowest BCUT2D eigenvalue weighted by Gasteiger charge is -2.21. The average molecular weight is 459 g/mol. The smallest absolute Gasteiger partial charge is 0.330 e. The third-order valence-electron chi connectivity index (χ3n) is 4.25. The summed E-state index contributed by atoms with van der Waals surface area (Å²) in [7, 11) is 1.51. The second-order valence-corrected chi connectivity index (χ2v) is 6.61. The number of hydrazine groups is 1. The molecule has 1 heterocycles. The van der Waals surface area contributed by atoms with E-state index in [0.29, 0.717) is 16.7 Å². The normalized spacial score (nSPS) is 10.6. The molecule has 5 N–H and O–H groups in total. The Morgan fingerprint density at radius 1 is 1.18 bits per heavy atom. The molecule has 12 nitrogen and oxygen atoms in total. The number of nitrogens with two attached hydrogens (primary N) is 1. The van der Waals surface area contributed by atoms with E-state index in [2.05, 4.69) is 20.5 Å². The number of hydrogen-bond donors (Lipinski definition) is 4. The first-order chi connectivity index (χ1) is 15.7. The van der Waals surface area contributed by atoms with Crippen molar-refractivity contribution in [2.24, 2.45) is 5.73 Å². The topological polar surface area (TPSA) is 173 Å². The van der Waals surface area contributed by atoms with E-state index in [1.165, 1.54) is 7.11 Å². The van der Waals surface area contributed by atoms with Gasteiger partial charge >= 0.3 is 5.97 Å². The van der Waals surface area contributed by atoms with Crippen LogP contribution in [0.4, 0.5) is 0 Å². The molecular weight excluding hydrogens is 434 g/mol. The third-order valence-corrected chi connectivity index (χ3v) is 4.25. The molecule has 0 aliphatic carbocycles. The highest BCUT2D eigenvalue weighted by Gasteiger charge is 2.17. The van der Waals surface area contributed by atoms with Gasteiger partial charge < -0.3 is 25.5 Å². The maximum Gasteiger partial charge on any atom is 0.330 e. The highest BCUT2D eigenvalue weighted by molar-refractivity contribution is 6.01. The Bertz CT molecular complexity index is 1080. The number of aromatic amines is 1. The zero-order valence-corrected chi connectivity index (χ0v) is 18.2. The number of aromatic nitrogens is 1. The van der Waals surface area contributed by atoms with Crippen molar-refractivity contribution in [2.75, 3.05) is 26.8 Å². The van der Waals surface area contributed by atoms with Crippen LogP contribution in [0.1, 0.15) is 23.8 Å². The summed E-state index contributed by atoms with van der Waals surface area (Å²) in [5.41, 5.74) is 8.26. The number of rotatable bonds is 10. The molecular formula is C21H25N5O7. The fourth-order valence-corrected chi connectivity index (χ4v) is 2.74. The lowest BCUT2D eigenvalue weighted by Crippen LogP contribution is -2.50. The lowest BCUT2D eigenvalue weighted by atomic mass is 10.2. The van der Waals surface area contributed by atoms with Crippen molar-refractivity contribution in [1.82, 2.24) is 20.7 Å². The average Bonchev–Trinajstić information content (AvgIpc) is 3.23. The highest BCUT2D eigenvalue weighted by atomic mass is 16.5. The Labute approximate surface area is 189 Å². The van der Waals surface area contributed by atoms with Gasteiger partial charge in [0.2, 0.25) is 5.91 Å². The van der Waals surface area contributed by atoms with Crippen LogP contribution in [-0.4, -0.2) is 66.4 Å². The van der Waals surface area contributed by atoms with Crippen molar-refractivity contribution in [1.29, 1.82) is 0 Å². The van der Waals surface area contributed by atoms with Gasteiger partial charge in [-0.25, -0.2) is 9.80 Å². The molecule has 1 aromatic heterocycles. The minimum absolute atomic E-state index is 0.127. The summed E-state index contributed by atoms with van der Waals surface area (Å²) in [6.07, 6.45) is 1.54. The fourth-order valence-electron chi connectivity index (χ4n) is 2.74. The van der Waals surface area contributed by atoms with Crippen molar-refractivity contribution < 1.29 is 33.4 Å². The zero-order chi connectivity index (χ0) is 24.4. The van der Waals surface area contributed by atoms with Crippen LogP contribution >= 0.6 is 0 Å². The molecule has 0 unspecified atom stereocenters. The predicted octanol–water partition coefficient (Wildman–Crippen LogP) is -0.239. The van der Waals surface area contributed by atoms with Crippen LogP contribution in [0.15, 0.2) is 36.4 Å². The van der Waals surface area contributed by atoms with Gasteiger partial charge in [-0.3, -0.25) is 24.6 Å². The monoisotopic (exact) mass is 459 g/mol. The van der Waals surface area contributed by atoms with E-state index < -0.39 is 36.1 Å². The van der Waals surface area contributed by atoms with Gasteiger partial charge in [-0.15, -0.1) is 0 Å². The summed E-state index contributed by atoms with van der Waals surface area (Å²) in [6, 6.07) is 6.87. The van der Waals surface area contributed by atoms with Gasteiger partial charge in [-0.1, -0.05) is 6.07 Å². The Balaban J connectivity index is 1.99. The maximum atomic E-state index is 12.4. The number of hydrogen-bond acceptors (Lipinski definition) is 7. The summed E-state index contributed by atoms with van der Waals surface area (Å²) >= 11 is 0. The largest absolute Gasteiger partial charge is 0.496 e. The van der Waals surface area contributed by atoms with E-state index in [1.807, 2.05) is 0 Å². The van der Waals surface area contributed by atoms with Gasteiger partial charge in [-0.2, -0.15) is 0 Å². The molecule has 33 heavy (non-hydrogen) atoms. The number of nitrogens with zero attached hydrogens (tertiary/aromatic N) is 1. The summed E-state index contributed by atoms with van der Waals surface area (Å²) in [4.78, 5) is 62.3. The fraction of sp³-hybridized carbons (Fsp3) is 0.286. The number of H-pyrrole nitrogens is 1. The first-order valence-electron chi connectivity index (χ1n) is 9.93. The SMILES string of the molecule is CCOC(=O)/C=C/C(=O)N(CCC(N)=O)NC(=O)CNC(=O)c1cc2c(OC)cccc2[nH]1. The molecule has 176 valence electrons. The van der Waals surface area contributed by atoms with Crippen LogP contribution < -0.4 is 21.2 Å². The van der Waals surface area contributed by atoms with Crippen LogP contribution in [0.2, 0.25) is 0 Å². The second-order valence-electron chi connectivity index (χ2n) is 6.61. The second kappa shape index (κ2) is 11.9. The number of esters is 1. The molecule has 12 heteroatoms. The van der Waals surface area contributed by atoms with E-state index in [-0.39, 0.29) is 25.3 Å². The Morgan fingerprint density at radius 3 is 2.61 bits per heavy atom. The van der Waals surface area contributed by atoms with E-state index in [4.69, 9.17) is 10.5 Å². The van der Waals surface area contributed by atoms with Crippen LogP contribution in [0.3, 0.4) is 0 Å². The molecule has 0 aliphatic heterocycles. The number of ether oxygens (including phenoxy) is 2. The highest BCUT2D eigenvalue weighted by Crippen LogP contribution is 2.25. The minimum atomic E-state index is -0.785. The predicted molar refractivity (Wildman–Crippen MR) is 117 cm³/mol. The summed E-state index contributed by atoms with van der Waals surface area (Å²) < 4.78 is 9.93. The first-order valence-corrected chi connectivity index (χ1v) is 9.93. The Morgan fingerprint density at radius 2 is 1.94 bits per heavy atom. The third kappa shape index (κ3) is 7.38. The molecule has 0 radical (unpaired) electrons. The molecule has 0 saturated carbocycles. The molecule has 0 spiro atoms. The molecule has 0 atom stereocenters. The van der Waals surface area contributed by atoms with E-state index in [1.54, 1.807) is 31.2 Å². The van der Waals surface area contributed by atoms with Crippen molar-refractivity contribution in [3.05, 3.63) is 42.1 Å². The molecule has 1 aromatic carbocycles. The van der Waals surface area contributed by atoms with E-state index in [9.17, 15) is 24.0 Å². The quantitative estimate of drug-likeness (QED) is 0.215. The van der Waals surface area contributed by atoms with Crippen molar-refractivity contribution >= 4 is 40.5 Å². The van der Waals surface area contributed by atoms with Crippen molar-refractivity contribution in [3.8, 4) is 5.75 Å². The molecule has 0 fully saturated rings. The van der Waals surface area contributed by atoms with Gasteiger partial charge in [-0.05, 0) is 25.1 Å². The number of carbonyl (C=O) groups excluding carboxylic acids is 5. The lowest BCUT2D eigenvalue weighted by molar-refractivity contribution is -0.139. The Kier molecular flexibility index (Phi) is 8.97. The van der Waals surface area contributed by atoms with Gasteiger partial charge in [0.05, 0.1) is 26.8 Å². The number of primary amides is 1. The summed E-state index contributed by atoms with van der Waals surface area (Å²) in [6.45, 7) is 1.03. The van der Waals surface area contributed by atoms with Crippen molar-refractivity contribution in [3.63, 3.8) is 0 Å².